The molecule has 2 amide bonds. The van der Waals surface area contributed by atoms with Crippen LogP contribution in [0.3, 0.4) is 0 Å². The second-order valence-electron chi connectivity index (χ2n) is 7.56. The Hall–Kier alpha value is -3.53. The van der Waals surface area contributed by atoms with Crippen molar-refractivity contribution < 1.29 is 19.1 Å². The Morgan fingerprint density at radius 1 is 1.16 bits per heavy atom. The molecule has 2 atom stereocenters. The van der Waals surface area contributed by atoms with Crippen LogP contribution in [0.2, 0.25) is 0 Å². The molecule has 0 saturated carbocycles. The van der Waals surface area contributed by atoms with Gasteiger partial charge in [-0.3, -0.25) is 9.59 Å². The predicted molar refractivity (Wildman–Crippen MR) is 116 cm³/mol. The molecule has 1 aliphatic rings. The molecule has 31 heavy (non-hydrogen) atoms. The van der Waals surface area contributed by atoms with E-state index in [2.05, 4.69) is 11.4 Å². The summed E-state index contributed by atoms with van der Waals surface area (Å²) in [6.45, 7) is 0.880. The lowest BCUT2D eigenvalue weighted by Crippen LogP contribution is -2.40. The Morgan fingerprint density at radius 2 is 1.90 bits per heavy atom. The summed E-state index contributed by atoms with van der Waals surface area (Å²) in [4.78, 5) is 26.8. The molecule has 2 aromatic carbocycles. The average molecular weight is 421 g/mol. The van der Waals surface area contributed by atoms with Crippen LogP contribution in [0.5, 0.6) is 11.5 Å². The van der Waals surface area contributed by atoms with Crippen molar-refractivity contribution in [3.63, 3.8) is 0 Å². The summed E-state index contributed by atoms with van der Waals surface area (Å²) in [5, 5.41) is 12.2. The van der Waals surface area contributed by atoms with Gasteiger partial charge in [0.1, 0.15) is 6.04 Å². The lowest BCUT2D eigenvalue weighted by Gasteiger charge is -2.18. The third-order valence-electron chi connectivity index (χ3n) is 5.46. The van der Waals surface area contributed by atoms with Gasteiger partial charge < -0.3 is 19.7 Å². The van der Waals surface area contributed by atoms with Crippen molar-refractivity contribution in [3.8, 4) is 17.6 Å². The number of hydrogen-bond acceptors (Lipinski definition) is 5. The molecule has 0 bridgehead atoms. The van der Waals surface area contributed by atoms with Gasteiger partial charge in [-0.15, -0.1) is 0 Å². The minimum Gasteiger partial charge on any atom is -0.493 e. The predicted octanol–water partition coefficient (Wildman–Crippen LogP) is 2.35. The van der Waals surface area contributed by atoms with Crippen LogP contribution in [0.1, 0.15) is 17.5 Å². The zero-order chi connectivity index (χ0) is 22.2. The molecule has 1 heterocycles. The third kappa shape index (κ3) is 5.76. The zero-order valence-corrected chi connectivity index (χ0v) is 17.8. The standard InChI is InChI=1S/C24H27N3O4/c1-30-21-9-8-18(13-22(21)31-2)10-11-27-16-19(14-23(27)28)24(29)26-20(15-25)12-17-6-4-3-5-7-17/h3-9,13,19-20H,10-12,14,16H2,1-2H3,(H,26,29)/t19-,20-/m0/s1. The summed E-state index contributed by atoms with van der Waals surface area (Å²) in [5.41, 5.74) is 2.00. The molecule has 1 saturated heterocycles. The number of amides is 2. The zero-order valence-electron chi connectivity index (χ0n) is 17.8. The fourth-order valence-corrected chi connectivity index (χ4v) is 3.73. The maximum Gasteiger partial charge on any atom is 0.226 e. The number of nitrogens with zero attached hydrogens (tertiary/aromatic N) is 2. The third-order valence-corrected chi connectivity index (χ3v) is 5.46. The quantitative estimate of drug-likeness (QED) is 0.671. The van der Waals surface area contributed by atoms with Crippen LogP contribution >= 0.6 is 0 Å². The van der Waals surface area contributed by atoms with Gasteiger partial charge in [0.25, 0.3) is 0 Å². The minimum absolute atomic E-state index is 0.0443. The molecule has 7 heteroatoms. The minimum atomic E-state index is -0.620. The Kier molecular flexibility index (Phi) is 7.50. The van der Waals surface area contributed by atoms with Gasteiger partial charge in [0.2, 0.25) is 11.8 Å². The van der Waals surface area contributed by atoms with Gasteiger partial charge in [0.15, 0.2) is 11.5 Å². The largest absolute Gasteiger partial charge is 0.493 e. The van der Waals surface area contributed by atoms with Crippen molar-refractivity contribution in [2.75, 3.05) is 27.3 Å². The number of nitrogens with one attached hydrogen (secondary N) is 1. The maximum atomic E-state index is 12.7. The van der Waals surface area contributed by atoms with Crippen LogP contribution in [-0.2, 0) is 22.4 Å². The molecule has 7 nitrogen and oxygen atoms in total. The van der Waals surface area contributed by atoms with Crippen molar-refractivity contribution in [2.24, 2.45) is 5.92 Å². The van der Waals surface area contributed by atoms with E-state index in [-0.39, 0.29) is 18.2 Å². The number of benzene rings is 2. The summed E-state index contributed by atoms with van der Waals surface area (Å²) in [6.07, 6.45) is 1.25. The number of carbonyl (C=O) groups excluding carboxylic acids is 2. The number of likely N-dealkylation sites (tertiary alicyclic amines) is 1. The van der Waals surface area contributed by atoms with Crippen LogP contribution in [-0.4, -0.2) is 50.1 Å². The molecule has 2 aromatic rings. The smallest absolute Gasteiger partial charge is 0.226 e. The fraction of sp³-hybridized carbons (Fsp3) is 0.375. The van der Waals surface area contributed by atoms with Crippen molar-refractivity contribution >= 4 is 11.8 Å². The maximum absolute atomic E-state index is 12.7. The van der Waals surface area contributed by atoms with E-state index in [0.29, 0.717) is 37.4 Å². The Bertz CT molecular complexity index is 955. The van der Waals surface area contributed by atoms with E-state index in [1.165, 1.54) is 0 Å². The van der Waals surface area contributed by atoms with E-state index in [0.717, 1.165) is 11.1 Å². The first-order valence-electron chi connectivity index (χ1n) is 10.3. The van der Waals surface area contributed by atoms with Gasteiger partial charge in [-0.25, -0.2) is 0 Å². The van der Waals surface area contributed by atoms with E-state index >= 15 is 0 Å². The van der Waals surface area contributed by atoms with Gasteiger partial charge in [-0.2, -0.15) is 5.26 Å². The molecular weight excluding hydrogens is 394 g/mol. The molecule has 0 aromatic heterocycles. The second kappa shape index (κ2) is 10.5. The molecule has 1 fully saturated rings. The number of hydrogen-bond donors (Lipinski definition) is 1. The Balaban J connectivity index is 1.53. The number of carbonyl (C=O) groups is 2. The topological polar surface area (TPSA) is 91.7 Å². The van der Waals surface area contributed by atoms with Crippen molar-refractivity contribution in [1.82, 2.24) is 10.2 Å². The summed E-state index contributed by atoms with van der Waals surface area (Å²) < 4.78 is 10.6. The first-order valence-corrected chi connectivity index (χ1v) is 10.3. The number of methoxy groups -OCH3 is 2. The summed E-state index contributed by atoms with van der Waals surface area (Å²) in [6, 6.07) is 16.7. The molecule has 1 aliphatic heterocycles. The summed E-state index contributed by atoms with van der Waals surface area (Å²) in [5.74, 6) is 0.569. The van der Waals surface area contributed by atoms with Crippen LogP contribution in [0.15, 0.2) is 48.5 Å². The monoisotopic (exact) mass is 421 g/mol. The van der Waals surface area contributed by atoms with Crippen LogP contribution in [0, 0.1) is 17.2 Å². The molecule has 0 aliphatic carbocycles. The van der Waals surface area contributed by atoms with Crippen molar-refractivity contribution in [3.05, 3.63) is 59.7 Å². The summed E-state index contributed by atoms with van der Waals surface area (Å²) >= 11 is 0. The number of nitriles is 1. The van der Waals surface area contributed by atoms with Crippen LogP contribution in [0.25, 0.3) is 0 Å². The van der Waals surface area contributed by atoms with E-state index in [9.17, 15) is 14.9 Å². The highest BCUT2D eigenvalue weighted by Crippen LogP contribution is 2.28. The van der Waals surface area contributed by atoms with Gasteiger partial charge in [-0.1, -0.05) is 36.4 Å². The van der Waals surface area contributed by atoms with Crippen molar-refractivity contribution in [2.45, 2.75) is 25.3 Å². The number of ether oxygens (including phenoxy) is 2. The molecular formula is C24H27N3O4. The molecule has 0 radical (unpaired) electrons. The highest BCUT2D eigenvalue weighted by atomic mass is 16.5. The SMILES string of the molecule is COc1ccc(CCN2C[C@@H](C(=O)N[C@H](C#N)Cc3ccccc3)CC2=O)cc1OC. The van der Waals surface area contributed by atoms with E-state index in [4.69, 9.17) is 9.47 Å². The highest BCUT2D eigenvalue weighted by molar-refractivity contribution is 5.89. The Labute approximate surface area is 182 Å². The molecule has 162 valence electrons. The number of rotatable bonds is 9. The lowest BCUT2D eigenvalue weighted by molar-refractivity contribution is -0.129. The van der Waals surface area contributed by atoms with Crippen molar-refractivity contribution in [1.29, 1.82) is 5.26 Å². The van der Waals surface area contributed by atoms with Crippen LogP contribution in [0.4, 0.5) is 0 Å². The normalized spacial score (nSPS) is 16.5. The second-order valence-corrected chi connectivity index (χ2v) is 7.56. The molecule has 0 unspecified atom stereocenters. The van der Waals surface area contributed by atoms with Gasteiger partial charge >= 0.3 is 0 Å². The van der Waals surface area contributed by atoms with Gasteiger partial charge in [0, 0.05) is 25.9 Å². The first kappa shape index (κ1) is 22.2. The van der Waals surface area contributed by atoms with Gasteiger partial charge in [-0.05, 0) is 29.7 Å². The molecule has 0 spiro atoms. The van der Waals surface area contributed by atoms with Gasteiger partial charge in [0.05, 0.1) is 26.2 Å². The first-order chi connectivity index (χ1) is 15.0. The van der Waals surface area contributed by atoms with E-state index < -0.39 is 12.0 Å². The molecule has 1 N–H and O–H groups in total. The Morgan fingerprint density at radius 3 is 2.58 bits per heavy atom. The fourth-order valence-electron chi connectivity index (χ4n) is 3.73. The lowest BCUT2D eigenvalue weighted by atomic mass is 10.0. The van der Waals surface area contributed by atoms with E-state index in [1.807, 2.05) is 48.5 Å². The highest BCUT2D eigenvalue weighted by Gasteiger charge is 2.34. The van der Waals surface area contributed by atoms with Crippen LogP contribution < -0.4 is 14.8 Å². The average Bonchev–Trinajstić information content (AvgIpc) is 3.18. The molecule has 3 rings (SSSR count). The van der Waals surface area contributed by atoms with E-state index in [1.54, 1.807) is 19.1 Å². The summed E-state index contributed by atoms with van der Waals surface area (Å²) in [7, 11) is 3.17.